The third kappa shape index (κ3) is 5.65. The molecule has 0 radical (unpaired) electrons. The van der Waals surface area contributed by atoms with Crippen LogP contribution in [0.25, 0.3) is 0 Å². The van der Waals surface area contributed by atoms with E-state index in [0.717, 1.165) is 11.1 Å². The Kier molecular flexibility index (Phi) is 6.91. The average Bonchev–Trinajstić information content (AvgIpc) is 2.55. The van der Waals surface area contributed by atoms with E-state index >= 15 is 0 Å². The number of rotatable bonds is 9. The van der Waals surface area contributed by atoms with Gasteiger partial charge in [0.2, 0.25) is 0 Å². The predicted octanol–water partition coefficient (Wildman–Crippen LogP) is 2.42. The lowest BCUT2D eigenvalue weighted by molar-refractivity contribution is -0.0220. The zero-order valence-corrected chi connectivity index (χ0v) is 12.1. The fraction of sp³-hybridized carbons (Fsp3) is 0.294. The van der Waals surface area contributed by atoms with Crippen molar-refractivity contribution in [2.24, 2.45) is 5.84 Å². The maximum atomic E-state index is 5.84. The summed E-state index contributed by atoms with van der Waals surface area (Å²) in [5.41, 5.74) is 4.86. The first kappa shape index (κ1) is 15.7. The number of nitrogens with one attached hydrogen (secondary N) is 1. The van der Waals surface area contributed by atoms with Crippen molar-refractivity contribution < 1.29 is 9.47 Å². The molecule has 0 saturated carbocycles. The molecule has 0 bridgehead atoms. The van der Waals surface area contributed by atoms with Crippen LogP contribution in [0.15, 0.2) is 60.7 Å². The van der Waals surface area contributed by atoms with Gasteiger partial charge in [-0.3, -0.25) is 11.3 Å². The van der Waals surface area contributed by atoms with E-state index in [0.29, 0.717) is 26.4 Å². The lowest BCUT2D eigenvalue weighted by atomic mass is 10.1. The maximum Gasteiger partial charge on any atom is 0.106 e. The van der Waals surface area contributed by atoms with Gasteiger partial charge in [0.15, 0.2) is 0 Å². The molecule has 21 heavy (non-hydrogen) atoms. The molecular formula is C17H22N2O2. The molecule has 0 spiro atoms. The van der Waals surface area contributed by atoms with Crippen LogP contribution in [0.5, 0.6) is 0 Å². The minimum absolute atomic E-state index is 0.0803. The number of ether oxygens (including phenoxy) is 2. The second-order valence-electron chi connectivity index (χ2n) is 4.72. The Morgan fingerprint density at radius 1 is 0.952 bits per heavy atom. The standard InChI is InChI=1S/C17H22N2O2/c18-19-11-12-21-17(16-9-5-2-6-10-16)14-20-13-15-7-3-1-4-8-15/h1-10,17,19H,11-14,18H2. The topological polar surface area (TPSA) is 56.5 Å². The highest BCUT2D eigenvalue weighted by molar-refractivity contribution is 5.18. The van der Waals surface area contributed by atoms with Crippen LogP contribution in [0.3, 0.4) is 0 Å². The Morgan fingerprint density at radius 2 is 1.62 bits per heavy atom. The molecule has 0 aliphatic carbocycles. The Labute approximate surface area is 125 Å². The molecule has 0 heterocycles. The minimum Gasteiger partial charge on any atom is -0.374 e. The van der Waals surface area contributed by atoms with E-state index in [1.807, 2.05) is 48.5 Å². The van der Waals surface area contributed by atoms with Gasteiger partial charge >= 0.3 is 0 Å². The van der Waals surface area contributed by atoms with Crippen molar-refractivity contribution in [2.45, 2.75) is 12.7 Å². The quantitative estimate of drug-likeness (QED) is 0.422. The largest absolute Gasteiger partial charge is 0.374 e. The highest BCUT2D eigenvalue weighted by atomic mass is 16.5. The van der Waals surface area contributed by atoms with Crippen molar-refractivity contribution >= 4 is 0 Å². The molecule has 4 nitrogen and oxygen atoms in total. The lowest BCUT2D eigenvalue weighted by Crippen LogP contribution is -2.27. The first-order valence-corrected chi connectivity index (χ1v) is 7.12. The van der Waals surface area contributed by atoms with Crippen molar-refractivity contribution in [3.63, 3.8) is 0 Å². The van der Waals surface area contributed by atoms with Crippen molar-refractivity contribution in [2.75, 3.05) is 19.8 Å². The van der Waals surface area contributed by atoms with Crippen molar-refractivity contribution in [1.29, 1.82) is 0 Å². The SMILES string of the molecule is NNCCOC(COCc1ccccc1)c1ccccc1. The fourth-order valence-corrected chi connectivity index (χ4v) is 2.03. The van der Waals surface area contributed by atoms with Crippen LogP contribution in [-0.4, -0.2) is 19.8 Å². The normalized spacial score (nSPS) is 12.2. The number of benzene rings is 2. The summed E-state index contributed by atoms with van der Waals surface area (Å²) < 4.78 is 11.6. The highest BCUT2D eigenvalue weighted by Crippen LogP contribution is 2.18. The third-order valence-corrected chi connectivity index (χ3v) is 3.12. The summed E-state index contributed by atoms with van der Waals surface area (Å²) in [7, 11) is 0. The van der Waals surface area contributed by atoms with Crippen LogP contribution in [0.4, 0.5) is 0 Å². The molecule has 1 unspecified atom stereocenters. The molecule has 0 aliphatic rings. The van der Waals surface area contributed by atoms with Crippen LogP contribution in [0.2, 0.25) is 0 Å². The summed E-state index contributed by atoms with van der Waals surface area (Å²) in [6.45, 7) is 2.26. The highest BCUT2D eigenvalue weighted by Gasteiger charge is 2.11. The average molecular weight is 286 g/mol. The Bertz CT molecular complexity index is 491. The Morgan fingerprint density at radius 3 is 2.29 bits per heavy atom. The molecule has 0 aliphatic heterocycles. The molecule has 112 valence electrons. The van der Waals surface area contributed by atoms with E-state index in [1.165, 1.54) is 0 Å². The van der Waals surface area contributed by atoms with Crippen LogP contribution in [0.1, 0.15) is 17.2 Å². The number of hydrogen-bond donors (Lipinski definition) is 2. The van der Waals surface area contributed by atoms with Gasteiger partial charge in [0, 0.05) is 6.54 Å². The van der Waals surface area contributed by atoms with Crippen molar-refractivity contribution in [1.82, 2.24) is 5.43 Å². The van der Waals surface area contributed by atoms with Gasteiger partial charge in [0.1, 0.15) is 6.10 Å². The number of hydrogen-bond acceptors (Lipinski definition) is 4. The molecule has 2 aromatic rings. The molecule has 0 fully saturated rings. The van der Waals surface area contributed by atoms with Crippen LogP contribution >= 0.6 is 0 Å². The smallest absolute Gasteiger partial charge is 0.106 e. The molecule has 2 aromatic carbocycles. The summed E-state index contributed by atoms with van der Waals surface area (Å²) in [6.07, 6.45) is -0.0803. The molecule has 0 aromatic heterocycles. The van der Waals surface area contributed by atoms with Gasteiger partial charge in [-0.25, -0.2) is 0 Å². The summed E-state index contributed by atoms with van der Waals surface area (Å²) in [5, 5.41) is 0. The van der Waals surface area contributed by atoms with Gasteiger partial charge < -0.3 is 9.47 Å². The van der Waals surface area contributed by atoms with Crippen molar-refractivity contribution in [3.05, 3.63) is 71.8 Å². The Hall–Kier alpha value is -1.72. The fourth-order valence-electron chi connectivity index (χ4n) is 2.03. The van der Waals surface area contributed by atoms with E-state index in [1.54, 1.807) is 0 Å². The van der Waals surface area contributed by atoms with Gasteiger partial charge in [-0.2, -0.15) is 0 Å². The van der Waals surface area contributed by atoms with Gasteiger partial charge in [-0.05, 0) is 11.1 Å². The monoisotopic (exact) mass is 286 g/mol. The summed E-state index contributed by atoms with van der Waals surface area (Å²) >= 11 is 0. The Balaban J connectivity index is 1.86. The second kappa shape index (κ2) is 9.26. The summed E-state index contributed by atoms with van der Waals surface area (Å²) in [5.74, 6) is 5.27. The maximum absolute atomic E-state index is 5.84. The van der Waals surface area contributed by atoms with Gasteiger partial charge in [0.25, 0.3) is 0 Å². The van der Waals surface area contributed by atoms with E-state index in [9.17, 15) is 0 Å². The first-order chi connectivity index (χ1) is 10.4. The van der Waals surface area contributed by atoms with E-state index in [2.05, 4.69) is 17.6 Å². The van der Waals surface area contributed by atoms with Crippen LogP contribution in [0, 0.1) is 0 Å². The zero-order valence-electron chi connectivity index (χ0n) is 12.1. The molecule has 1 atom stereocenters. The van der Waals surface area contributed by atoms with E-state index in [4.69, 9.17) is 15.3 Å². The molecule has 2 rings (SSSR count). The number of nitrogens with two attached hydrogens (primary N) is 1. The predicted molar refractivity (Wildman–Crippen MR) is 83.4 cm³/mol. The lowest BCUT2D eigenvalue weighted by Gasteiger charge is -2.18. The third-order valence-electron chi connectivity index (χ3n) is 3.12. The molecule has 0 amide bonds. The molecule has 3 N–H and O–H groups in total. The zero-order chi connectivity index (χ0) is 14.8. The molecule has 4 heteroatoms. The summed E-state index contributed by atoms with van der Waals surface area (Å²) in [6, 6.07) is 20.2. The first-order valence-electron chi connectivity index (χ1n) is 7.12. The van der Waals surface area contributed by atoms with E-state index < -0.39 is 0 Å². The van der Waals surface area contributed by atoms with Gasteiger partial charge in [-0.15, -0.1) is 0 Å². The summed E-state index contributed by atoms with van der Waals surface area (Å²) in [4.78, 5) is 0. The van der Waals surface area contributed by atoms with Crippen LogP contribution < -0.4 is 11.3 Å². The van der Waals surface area contributed by atoms with Crippen LogP contribution in [-0.2, 0) is 16.1 Å². The number of hydrazine groups is 1. The van der Waals surface area contributed by atoms with Crippen molar-refractivity contribution in [3.8, 4) is 0 Å². The van der Waals surface area contributed by atoms with Gasteiger partial charge in [-0.1, -0.05) is 60.7 Å². The van der Waals surface area contributed by atoms with Gasteiger partial charge in [0.05, 0.1) is 19.8 Å². The second-order valence-corrected chi connectivity index (χ2v) is 4.72. The molecular weight excluding hydrogens is 264 g/mol. The minimum atomic E-state index is -0.0803. The van der Waals surface area contributed by atoms with E-state index in [-0.39, 0.29) is 6.10 Å². The molecule has 0 saturated heterocycles.